The lowest BCUT2D eigenvalue weighted by Gasteiger charge is -2.09. The molecule has 1 N–H and O–H groups in total. The second kappa shape index (κ2) is 6.18. The van der Waals surface area contributed by atoms with Gasteiger partial charge in [-0.3, -0.25) is 0 Å². The van der Waals surface area contributed by atoms with Crippen molar-refractivity contribution in [2.45, 2.75) is 13.5 Å². The zero-order valence-corrected chi connectivity index (χ0v) is 10.6. The number of benzene rings is 2. The summed E-state index contributed by atoms with van der Waals surface area (Å²) in [6, 6.07) is 11.5. The first-order valence-corrected chi connectivity index (χ1v) is 6.10. The van der Waals surface area contributed by atoms with E-state index < -0.39 is 11.6 Å². The lowest BCUT2D eigenvalue weighted by atomic mass is 10.2. The van der Waals surface area contributed by atoms with Crippen molar-refractivity contribution < 1.29 is 13.5 Å². The maximum atomic E-state index is 13.4. The Hall–Kier alpha value is -2.10. The molecule has 0 amide bonds. The summed E-state index contributed by atoms with van der Waals surface area (Å²) in [6.07, 6.45) is 0. The van der Waals surface area contributed by atoms with Crippen LogP contribution < -0.4 is 10.1 Å². The first kappa shape index (κ1) is 13.3. The molecular formula is C15H15F2NO. The van der Waals surface area contributed by atoms with Gasteiger partial charge in [-0.2, -0.15) is 0 Å². The van der Waals surface area contributed by atoms with Gasteiger partial charge < -0.3 is 10.1 Å². The quantitative estimate of drug-likeness (QED) is 0.881. The van der Waals surface area contributed by atoms with Crippen LogP contribution in [0.3, 0.4) is 0 Å². The Labute approximate surface area is 111 Å². The molecule has 0 aromatic heterocycles. The normalized spacial score (nSPS) is 10.3. The van der Waals surface area contributed by atoms with Gasteiger partial charge in [-0.1, -0.05) is 12.1 Å². The molecule has 0 radical (unpaired) electrons. The van der Waals surface area contributed by atoms with Gasteiger partial charge in [0.2, 0.25) is 0 Å². The Balaban J connectivity index is 2.00. The van der Waals surface area contributed by atoms with E-state index in [0.717, 1.165) is 17.5 Å². The maximum absolute atomic E-state index is 13.4. The number of hydrogen-bond acceptors (Lipinski definition) is 2. The predicted molar refractivity (Wildman–Crippen MR) is 71.3 cm³/mol. The highest BCUT2D eigenvalue weighted by molar-refractivity contribution is 5.46. The van der Waals surface area contributed by atoms with E-state index in [9.17, 15) is 8.78 Å². The van der Waals surface area contributed by atoms with Crippen molar-refractivity contribution in [1.82, 2.24) is 0 Å². The molecule has 0 aliphatic carbocycles. The molecule has 2 aromatic carbocycles. The van der Waals surface area contributed by atoms with Gasteiger partial charge in [-0.25, -0.2) is 8.78 Å². The van der Waals surface area contributed by atoms with Crippen LogP contribution in [0, 0.1) is 11.6 Å². The molecule has 0 aliphatic rings. The summed E-state index contributed by atoms with van der Waals surface area (Å²) in [5, 5.41) is 3.04. The number of rotatable bonds is 5. The largest absolute Gasteiger partial charge is 0.494 e. The van der Waals surface area contributed by atoms with Crippen molar-refractivity contribution in [3.8, 4) is 5.75 Å². The van der Waals surface area contributed by atoms with Gasteiger partial charge in [0, 0.05) is 17.8 Å². The van der Waals surface area contributed by atoms with Gasteiger partial charge in [0.1, 0.15) is 5.75 Å². The van der Waals surface area contributed by atoms with Crippen molar-refractivity contribution in [2.75, 3.05) is 11.9 Å². The van der Waals surface area contributed by atoms with Crippen LogP contribution in [0.5, 0.6) is 5.75 Å². The van der Waals surface area contributed by atoms with E-state index in [0.29, 0.717) is 12.2 Å². The van der Waals surface area contributed by atoms with Crippen molar-refractivity contribution >= 4 is 5.69 Å². The summed E-state index contributed by atoms with van der Waals surface area (Å²) in [5.74, 6) is -0.850. The molecule has 2 rings (SSSR count). The molecular weight excluding hydrogens is 248 g/mol. The van der Waals surface area contributed by atoms with E-state index in [1.807, 2.05) is 31.2 Å². The van der Waals surface area contributed by atoms with E-state index in [4.69, 9.17) is 4.74 Å². The predicted octanol–water partition coefficient (Wildman–Crippen LogP) is 3.98. The van der Waals surface area contributed by atoms with Crippen LogP contribution in [0.15, 0.2) is 42.5 Å². The van der Waals surface area contributed by atoms with Crippen LogP contribution in [-0.4, -0.2) is 6.61 Å². The Morgan fingerprint density at radius 3 is 2.47 bits per heavy atom. The Bertz CT molecular complexity index is 540. The number of nitrogens with one attached hydrogen (secondary N) is 1. The molecule has 0 bridgehead atoms. The molecule has 0 aliphatic heterocycles. The molecule has 2 nitrogen and oxygen atoms in total. The van der Waals surface area contributed by atoms with E-state index in [1.165, 1.54) is 6.07 Å². The molecule has 19 heavy (non-hydrogen) atoms. The van der Waals surface area contributed by atoms with Crippen LogP contribution in [0.4, 0.5) is 14.5 Å². The smallest absolute Gasteiger partial charge is 0.163 e. The van der Waals surface area contributed by atoms with Gasteiger partial charge in [0.05, 0.1) is 6.61 Å². The standard InChI is InChI=1S/C15H15F2NO/c1-2-19-13-8-6-12(7-9-13)18-10-11-4-3-5-14(16)15(11)17/h3-9,18H,2,10H2,1H3. The number of ether oxygens (including phenoxy) is 1. The zero-order chi connectivity index (χ0) is 13.7. The van der Waals surface area contributed by atoms with Crippen molar-refractivity contribution in [3.05, 3.63) is 59.7 Å². The summed E-state index contributed by atoms with van der Waals surface area (Å²) >= 11 is 0. The van der Waals surface area contributed by atoms with Gasteiger partial charge in [0.25, 0.3) is 0 Å². The minimum Gasteiger partial charge on any atom is -0.494 e. The topological polar surface area (TPSA) is 21.3 Å². The summed E-state index contributed by atoms with van der Waals surface area (Å²) in [4.78, 5) is 0. The third-order valence-corrected chi connectivity index (χ3v) is 2.68. The SMILES string of the molecule is CCOc1ccc(NCc2cccc(F)c2F)cc1. The fourth-order valence-corrected chi connectivity index (χ4v) is 1.72. The van der Waals surface area contributed by atoms with E-state index >= 15 is 0 Å². The van der Waals surface area contributed by atoms with E-state index in [2.05, 4.69) is 5.32 Å². The molecule has 0 fully saturated rings. The highest BCUT2D eigenvalue weighted by Gasteiger charge is 2.06. The molecule has 0 heterocycles. The number of hydrogen-bond donors (Lipinski definition) is 1. The lowest BCUT2D eigenvalue weighted by molar-refractivity contribution is 0.340. The summed E-state index contributed by atoms with van der Waals surface area (Å²) in [5.41, 5.74) is 1.13. The Morgan fingerprint density at radius 2 is 1.79 bits per heavy atom. The minimum absolute atomic E-state index is 0.234. The van der Waals surface area contributed by atoms with Gasteiger partial charge in [-0.05, 0) is 37.3 Å². The molecule has 0 atom stereocenters. The molecule has 0 saturated heterocycles. The third-order valence-electron chi connectivity index (χ3n) is 2.68. The fraction of sp³-hybridized carbons (Fsp3) is 0.200. The first-order chi connectivity index (χ1) is 9.20. The molecule has 100 valence electrons. The number of halogens is 2. The Kier molecular flexibility index (Phi) is 4.34. The van der Waals surface area contributed by atoms with Crippen molar-refractivity contribution in [2.24, 2.45) is 0 Å². The van der Waals surface area contributed by atoms with Crippen LogP contribution in [-0.2, 0) is 6.54 Å². The lowest BCUT2D eigenvalue weighted by Crippen LogP contribution is -2.03. The molecule has 0 unspecified atom stereocenters. The van der Waals surface area contributed by atoms with Crippen molar-refractivity contribution in [3.63, 3.8) is 0 Å². The third kappa shape index (κ3) is 3.44. The molecule has 0 spiro atoms. The first-order valence-electron chi connectivity index (χ1n) is 6.10. The molecule has 2 aromatic rings. The van der Waals surface area contributed by atoms with Crippen LogP contribution in [0.25, 0.3) is 0 Å². The van der Waals surface area contributed by atoms with Gasteiger partial charge in [-0.15, -0.1) is 0 Å². The second-order valence-corrected chi connectivity index (χ2v) is 4.02. The van der Waals surface area contributed by atoms with E-state index in [1.54, 1.807) is 6.07 Å². The maximum Gasteiger partial charge on any atom is 0.163 e. The second-order valence-electron chi connectivity index (χ2n) is 4.02. The average molecular weight is 263 g/mol. The molecule has 4 heteroatoms. The van der Waals surface area contributed by atoms with Gasteiger partial charge in [0.15, 0.2) is 11.6 Å². The summed E-state index contributed by atoms with van der Waals surface area (Å²) in [7, 11) is 0. The molecule has 0 saturated carbocycles. The fourth-order valence-electron chi connectivity index (χ4n) is 1.72. The highest BCUT2D eigenvalue weighted by atomic mass is 19.2. The Morgan fingerprint density at radius 1 is 1.05 bits per heavy atom. The highest BCUT2D eigenvalue weighted by Crippen LogP contribution is 2.17. The summed E-state index contributed by atoms with van der Waals surface area (Å²) in [6.45, 7) is 2.76. The average Bonchev–Trinajstić information content (AvgIpc) is 2.42. The van der Waals surface area contributed by atoms with Crippen LogP contribution in [0.1, 0.15) is 12.5 Å². The van der Waals surface area contributed by atoms with Crippen LogP contribution in [0.2, 0.25) is 0 Å². The monoisotopic (exact) mass is 263 g/mol. The summed E-state index contributed by atoms with van der Waals surface area (Å²) < 4.78 is 31.8. The number of anilines is 1. The van der Waals surface area contributed by atoms with Crippen LogP contribution >= 0.6 is 0 Å². The van der Waals surface area contributed by atoms with E-state index in [-0.39, 0.29) is 6.54 Å². The van der Waals surface area contributed by atoms with Gasteiger partial charge >= 0.3 is 0 Å². The minimum atomic E-state index is -0.828. The van der Waals surface area contributed by atoms with Crippen molar-refractivity contribution in [1.29, 1.82) is 0 Å². The zero-order valence-electron chi connectivity index (χ0n) is 10.6.